The molecule has 1 heterocycles. The first-order chi connectivity index (χ1) is 13.6. The molecule has 1 aromatic heterocycles. The van der Waals surface area contributed by atoms with Gasteiger partial charge in [-0.25, -0.2) is 9.78 Å². The summed E-state index contributed by atoms with van der Waals surface area (Å²) in [5.41, 5.74) is -0.0772. The van der Waals surface area contributed by atoms with Gasteiger partial charge in [0.05, 0.1) is 5.75 Å². The topological polar surface area (TPSA) is 99.8 Å². The number of rotatable bonds is 5. The first-order valence-corrected chi connectivity index (χ1v) is 11.7. The Labute approximate surface area is 169 Å². The molecule has 0 saturated heterocycles. The van der Waals surface area contributed by atoms with Crippen molar-refractivity contribution in [1.82, 2.24) is 25.8 Å². The van der Waals surface area contributed by atoms with Gasteiger partial charge in [-0.15, -0.1) is 5.10 Å². The molecule has 3 N–H and O–H groups in total. The second-order valence-electron chi connectivity index (χ2n) is 9.47. The zero-order valence-corrected chi connectivity index (χ0v) is 17.0. The summed E-state index contributed by atoms with van der Waals surface area (Å²) in [4.78, 5) is 29.2. The highest BCUT2D eigenvalue weighted by molar-refractivity contribution is 7.99. The van der Waals surface area contributed by atoms with Crippen LogP contribution in [-0.4, -0.2) is 38.4 Å². The third-order valence-corrected chi connectivity index (χ3v) is 8.07. The van der Waals surface area contributed by atoms with Gasteiger partial charge in [-0.3, -0.25) is 15.2 Å². The number of amides is 3. The summed E-state index contributed by atoms with van der Waals surface area (Å²) in [7, 11) is 0. The predicted molar refractivity (Wildman–Crippen MR) is 106 cm³/mol. The lowest BCUT2D eigenvalue weighted by Gasteiger charge is -2.56. The molecule has 1 aromatic rings. The summed E-state index contributed by atoms with van der Waals surface area (Å²) in [5, 5.41) is 13.5. The maximum absolute atomic E-state index is 12.4. The Morgan fingerprint density at radius 3 is 2.36 bits per heavy atom. The SMILES string of the molecule is O=C(CSc1n[nH]c(C2CCCC2)n1)NC(=O)NC12CC3CC(CC(C3)C1)C2. The Kier molecular flexibility index (Phi) is 4.85. The van der Waals surface area contributed by atoms with Crippen LogP contribution < -0.4 is 10.6 Å². The van der Waals surface area contributed by atoms with E-state index in [1.54, 1.807) is 0 Å². The Morgan fingerprint density at radius 2 is 1.71 bits per heavy atom. The van der Waals surface area contributed by atoms with Crippen LogP contribution in [0.25, 0.3) is 0 Å². The molecule has 152 valence electrons. The van der Waals surface area contributed by atoms with E-state index < -0.39 is 0 Å². The van der Waals surface area contributed by atoms with Crippen molar-refractivity contribution in [1.29, 1.82) is 0 Å². The number of nitrogens with zero attached hydrogens (tertiary/aromatic N) is 2. The van der Waals surface area contributed by atoms with Crippen LogP contribution in [0.3, 0.4) is 0 Å². The number of aromatic amines is 1. The molecule has 3 amide bonds. The van der Waals surface area contributed by atoms with Crippen LogP contribution >= 0.6 is 11.8 Å². The smallest absolute Gasteiger partial charge is 0.321 e. The van der Waals surface area contributed by atoms with Crippen molar-refractivity contribution in [3.05, 3.63) is 5.82 Å². The Bertz CT molecular complexity index is 722. The van der Waals surface area contributed by atoms with Crippen LogP contribution in [-0.2, 0) is 4.79 Å². The molecular weight excluding hydrogens is 374 g/mol. The number of thioether (sulfide) groups is 1. The fraction of sp³-hybridized carbons (Fsp3) is 0.800. The van der Waals surface area contributed by atoms with E-state index in [2.05, 4.69) is 25.8 Å². The molecule has 5 fully saturated rings. The van der Waals surface area contributed by atoms with Gasteiger partial charge in [-0.2, -0.15) is 0 Å². The fourth-order valence-electron chi connectivity index (χ4n) is 6.53. The molecule has 5 saturated carbocycles. The van der Waals surface area contributed by atoms with E-state index in [1.165, 1.54) is 43.9 Å². The minimum atomic E-state index is -0.339. The molecule has 0 radical (unpaired) electrons. The van der Waals surface area contributed by atoms with Crippen LogP contribution in [0.5, 0.6) is 0 Å². The van der Waals surface area contributed by atoms with E-state index in [9.17, 15) is 9.59 Å². The second-order valence-corrected chi connectivity index (χ2v) is 10.4. The number of carbonyl (C=O) groups is 2. The minimum Gasteiger partial charge on any atom is -0.332 e. The van der Waals surface area contributed by atoms with Crippen molar-refractivity contribution in [3.63, 3.8) is 0 Å². The van der Waals surface area contributed by atoms with Crippen LogP contribution in [0.2, 0.25) is 0 Å². The molecule has 0 spiro atoms. The highest BCUT2D eigenvalue weighted by Gasteiger charge is 2.51. The molecular formula is C20H29N5O2S. The summed E-state index contributed by atoms with van der Waals surface area (Å²) in [5.74, 6) is 3.55. The lowest BCUT2D eigenvalue weighted by atomic mass is 9.53. The normalized spacial score (nSPS) is 33.9. The highest BCUT2D eigenvalue weighted by atomic mass is 32.2. The second kappa shape index (κ2) is 7.35. The summed E-state index contributed by atoms with van der Waals surface area (Å²) in [6.07, 6.45) is 12.0. The van der Waals surface area contributed by atoms with Crippen LogP contribution in [0.4, 0.5) is 4.79 Å². The van der Waals surface area contributed by atoms with E-state index in [0.29, 0.717) is 11.1 Å². The van der Waals surface area contributed by atoms with E-state index in [-0.39, 0.29) is 23.2 Å². The summed E-state index contributed by atoms with van der Waals surface area (Å²) in [6, 6.07) is -0.339. The van der Waals surface area contributed by atoms with Gasteiger partial charge < -0.3 is 5.32 Å². The lowest BCUT2D eigenvalue weighted by Crippen LogP contribution is -2.61. The average Bonchev–Trinajstić information content (AvgIpc) is 3.30. The van der Waals surface area contributed by atoms with E-state index in [1.807, 2.05) is 0 Å². The van der Waals surface area contributed by atoms with Gasteiger partial charge in [0.1, 0.15) is 5.82 Å². The van der Waals surface area contributed by atoms with Gasteiger partial charge in [-0.1, -0.05) is 24.6 Å². The third kappa shape index (κ3) is 3.80. The quantitative estimate of drug-likeness (QED) is 0.655. The first-order valence-electron chi connectivity index (χ1n) is 10.7. The average molecular weight is 404 g/mol. The molecule has 4 bridgehead atoms. The predicted octanol–water partition coefficient (Wildman–Crippen LogP) is 3.35. The van der Waals surface area contributed by atoms with Gasteiger partial charge in [0, 0.05) is 11.5 Å². The summed E-state index contributed by atoms with van der Waals surface area (Å²) < 4.78 is 0. The molecule has 28 heavy (non-hydrogen) atoms. The van der Waals surface area contributed by atoms with Gasteiger partial charge in [-0.05, 0) is 69.1 Å². The Morgan fingerprint density at radius 1 is 1.07 bits per heavy atom. The fourth-order valence-corrected chi connectivity index (χ4v) is 7.14. The number of hydrogen-bond acceptors (Lipinski definition) is 5. The van der Waals surface area contributed by atoms with E-state index in [0.717, 1.165) is 55.7 Å². The van der Waals surface area contributed by atoms with Gasteiger partial charge in [0.25, 0.3) is 0 Å². The monoisotopic (exact) mass is 403 g/mol. The van der Waals surface area contributed by atoms with Gasteiger partial charge in [0.15, 0.2) is 0 Å². The number of H-pyrrole nitrogens is 1. The molecule has 5 aliphatic rings. The third-order valence-electron chi connectivity index (χ3n) is 7.23. The molecule has 7 nitrogen and oxygen atoms in total. The molecule has 6 rings (SSSR count). The van der Waals surface area contributed by atoms with Crippen molar-refractivity contribution in [2.45, 2.75) is 80.8 Å². The van der Waals surface area contributed by atoms with Crippen molar-refractivity contribution in [2.75, 3.05) is 5.75 Å². The van der Waals surface area contributed by atoms with Crippen molar-refractivity contribution in [3.8, 4) is 0 Å². The minimum absolute atomic E-state index is 0.0772. The van der Waals surface area contributed by atoms with Crippen LogP contribution in [0.1, 0.15) is 76.0 Å². The molecule has 0 atom stereocenters. The van der Waals surface area contributed by atoms with Crippen molar-refractivity contribution < 1.29 is 9.59 Å². The number of imide groups is 1. The zero-order valence-electron chi connectivity index (χ0n) is 16.2. The van der Waals surface area contributed by atoms with Crippen LogP contribution in [0.15, 0.2) is 5.16 Å². The largest absolute Gasteiger partial charge is 0.332 e. The molecule has 5 aliphatic carbocycles. The summed E-state index contributed by atoms with van der Waals surface area (Å²) in [6.45, 7) is 0. The van der Waals surface area contributed by atoms with E-state index >= 15 is 0 Å². The van der Waals surface area contributed by atoms with E-state index in [4.69, 9.17) is 0 Å². The maximum Gasteiger partial charge on any atom is 0.321 e. The number of carbonyl (C=O) groups excluding carboxylic acids is 2. The molecule has 0 aliphatic heterocycles. The highest BCUT2D eigenvalue weighted by Crippen LogP contribution is 2.55. The molecule has 0 unspecified atom stereocenters. The van der Waals surface area contributed by atoms with Crippen molar-refractivity contribution in [2.24, 2.45) is 17.8 Å². The van der Waals surface area contributed by atoms with Gasteiger partial charge >= 0.3 is 6.03 Å². The standard InChI is InChI=1S/C20H29N5O2S/c26-16(11-28-19-22-17(24-25-19)15-3-1-2-4-15)21-18(27)23-20-8-12-5-13(9-20)7-14(6-12)10-20/h12-15H,1-11H2,(H,22,24,25)(H2,21,23,26,27). The Balaban J connectivity index is 1.10. The maximum atomic E-state index is 12.4. The molecule has 0 aromatic carbocycles. The van der Waals surface area contributed by atoms with Crippen molar-refractivity contribution >= 4 is 23.7 Å². The van der Waals surface area contributed by atoms with Crippen LogP contribution in [0, 0.1) is 17.8 Å². The zero-order chi connectivity index (χ0) is 19.1. The number of aromatic nitrogens is 3. The number of hydrogen-bond donors (Lipinski definition) is 3. The number of urea groups is 1. The first kappa shape index (κ1) is 18.5. The summed E-state index contributed by atoms with van der Waals surface area (Å²) >= 11 is 1.27. The number of nitrogens with one attached hydrogen (secondary N) is 3. The lowest BCUT2D eigenvalue weighted by molar-refractivity contribution is -0.117. The Hall–Kier alpha value is -1.57. The van der Waals surface area contributed by atoms with Gasteiger partial charge in [0.2, 0.25) is 11.1 Å². The molecule has 8 heteroatoms.